The summed E-state index contributed by atoms with van der Waals surface area (Å²) in [7, 11) is 0. The van der Waals surface area contributed by atoms with Gasteiger partial charge in [-0.25, -0.2) is 9.97 Å². The van der Waals surface area contributed by atoms with Gasteiger partial charge >= 0.3 is 0 Å². The Bertz CT molecular complexity index is 1310. The molecule has 5 rings (SSSR count). The fraction of sp³-hybridized carbons (Fsp3) is 0.304. The monoisotopic (exact) mass is 378 g/mol. The highest BCUT2D eigenvalue weighted by Gasteiger charge is 2.39. The molecule has 2 atom stereocenters. The van der Waals surface area contributed by atoms with Crippen LogP contribution in [0, 0.1) is 6.92 Å². The van der Waals surface area contributed by atoms with Gasteiger partial charge in [-0.2, -0.15) is 0 Å². The average molecular weight is 379 g/mol. The minimum Gasteiger partial charge on any atom is -0.454 e. The van der Waals surface area contributed by atoms with Crippen LogP contribution in [0.15, 0.2) is 53.2 Å². The number of nitrogens with zero attached hydrogens (tertiary/aromatic N) is 4. The van der Waals surface area contributed by atoms with Gasteiger partial charge in [0.15, 0.2) is 17.2 Å². The predicted octanol–water partition coefficient (Wildman–Crippen LogP) is 6.03. The van der Waals surface area contributed by atoms with Crippen LogP contribution in [-0.2, 0) is 0 Å². The first-order chi connectivity index (χ1) is 14.6. The lowest BCUT2D eigenvalue weighted by Crippen LogP contribution is -2.42. The lowest BCUT2D eigenvalue weighted by Gasteiger charge is -2.32. The van der Waals surface area contributed by atoms with Crippen LogP contribution < -0.4 is 9.80 Å². The molecule has 28 heavy (non-hydrogen) atoms. The molecule has 0 saturated carbocycles. The summed E-state index contributed by atoms with van der Waals surface area (Å²) in [5.74, 6) is 0.880. The number of para-hydroxylation sites is 1. The van der Waals surface area contributed by atoms with Gasteiger partial charge in [0.05, 0.1) is 7.06 Å². The molecule has 1 aliphatic rings. The summed E-state index contributed by atoms with van der Waals surface area (Å²) >= 11 is 0. The SMILES string of the molecule is C.[2H]C([2H])([2H])C([2H])(C)N1c2nccnc2N(c2c(C)ccc3c2oc2ccccc23)C1C. The molecule has 5 heteroatoms. The third kappa shape index (κ3) is 2.39. The highest BCUT2D eigenvalue weighted by molar-refractivity contribution is 6.10. The van der Waals surface area contributed by atoms with Gasteiger partial charge in [-0.3, -0.25) is 4.90 Å². The molecular formula is C23H26N4O. The van der Waals surface area contributed by atoms with Crippen LogP contribution in [0.25, 0.3) is 21.9 Å². The van der Waals surface area contributed by atoms with Gasteiger partial charge in [0.25, 0.3) is 0 Å². The fourth-order valence-corrected chi connectivity index (χ4v) is 4.04. The average Bonchev–Trinajstić information content (AvgIpc) is 3.22. The molecular weight excluding hydrogens is 348 g/mol. The van der Waals surface area contributed by atoms with E-state index in [9.17, 15) is 0 Å². The second kappa shape index (κ2) is 6.51. The number of furan rings is 1. The quantitative estimate of drug-likeness (QED) is 0.426. The van der Waals surface area contributed by atoms with E-state index in [1.54, 1.807) is 6.20 Å². The summed E-state index contributed by atoms with van der Waals surface area (Å²) in [5, 5.41) is 1.98. The topological polar surface area (TPSA) is 45.4 Å². The van der Waals surface area contributed by atoms with Crippen LogP contribution >= 0.6 is 0 Å². The number of benzene rings is 2. The first-order valence-corrected chi connectivity index (χ1v) is 8.93. The van der Waals surface area contributed by atoms with E-state index in [-0.39, 0.29) is 7.43 Å². The van der Waals surface area contributed by atoms with Crippen molar-refractivity contribution >= 4 is 39.3 Å². The van der Waals surface area contributed by atoms with Crippen LogP contribution in [-0.4, -0.2) is 22.2 Å². The van der Waals surface area contributed by atoms with E-state index in [0.29, 0.717) is 17.2 Å². The molecule has 0 bridgehead atoms. The highest BCUT2D eigenvalue weighted by atomic mass is 16.3. The van der Waals surface area contributed by atoms with Crippen molar-refractivity contribution in [2.24, 2.45) is 0 Å². The zero-order valence-electron chi connectivity index (χ0n) is 19.4. The van der Waals surface area contributed by atoms with E-state index in [0.717, 1.165) is 27.6 Å². The maximum absolute atomic E-state index is 8.74. The van der Waals surface area contributed by atoms with Crippen molar-refractivity contribution in [2.75, 3.05) is 9.80 Å². The predicted molar refractivity (Wildman–Crippen MR) is 116 cm³/mol. The summed E-state index contributed by atoms with van der Waals surface area (Å²) in [6.45, 7) is 2.69. The number of aryl methyl sites for hydroxylation is 1. The smallest absolute Gasteiger partial charge is 0.178 e. The molecule has 2 unspecified atom stereocenters. The van der Waals surface area contributed by atoms with Gasteiger partial charge in [0, 0.05) is 33.3 Å². The van der Waals surface area contributed by atoms with Crippen molar-refractivity contribution in [3.8, 4) is 0 Å². The van der Waals surface area contributed by atoms with E-state index in [4.69, 9.17) is 9.90 Å². The number of fused-ring (bicyclic) bond motifs is 4. The standard InChI is InChI=1S/C22H22N4O.CH4/c1-13(2)25-15(4)26(22-21(25)23-11-12-24-22)19-14(3)9-10-17-16-7-5-6-8-18(16)27-20(17)19;/h5-13,15H,1-4H3;1H4/i1D3,13D;. The number of hydrogen-bond acceptors (Lipinski definition) is 5. The van der Waals surface area contributed by atoms with Crippen LogP contribution in [0.1, 0.15) is 39.2 Å². The molecule has 0 saturated heterocycles. The van der Waals surface area contributed by atoms with Crippen molar-refractivity contribution in [1.82, 2.24) is 9.97 Å². The Kier molecular flexibility index (Phi) is 3.26. The molecule has 0 spiro atoms. The largest absolute Gasteiger partial charge is 0.454 e. The van der Waals surface area contributed by atoms with Gasteiger partial charge in [-0.1, -0.05) is 37.8 Å². The maximum atomic E-state index is 8.74. The number of hydrogen-bond donors (Lipinski definition) is 0. The van der Waals surface area contributed by atoms with E-state index in [2.05, 4.69) is 9.97 Å². The Morgan fingerprint density at radius 1 is 1.11 bits per heavy atom. The lowest BCUT2D eigenvalue weighted by atomic mass is 10.1. The van der Waals surface area contributed by atoms with E-state index >= 15 is 0 Å². The Labute approximate surface area is 171 Å². The Morgan fingerprint density at radius 3 is 2.64 bits per heavy atom. The van der Waals surface area contributed by atoms with Crippen molar-refractivity contribution in [3.05, 3.63) is 54.4 Å². The summed E-state index contributed by atoms with van der Waals surface area (Å²) in [6.07, 6.45) is 2.58. The van der Waals surface area contributed by atoms with Crippen LogP contribution in [0.5, 0.6) is 0 Å². The molecule has 0 amide bonds. The summed E-state index contributed by atoms with van der Waals surface area (Å²) in [6, 6.07) is 10.0. The van der Waals surface area contributed by atoms with Gasteiger partial charge in [-0.05, 0) is 39.3 Å². The Hall–Kier alpha value is -3.08. The molecule has 0 fully saturated rings. The van der Waals surface area contributed by atoms with Crippen molar-refractivity contribution < 1.29 is 9.90 Å². The van der Waals surface area contributed by atoms with Gasteiger partial charge in [0.1, 0.15) is 11.7 Å². The minimum absolute atomic E-state index is 0. The first-order valence-electron chi connectivity index (χ1n) is 10.9. The van der Waals surface area contributed by atoms with E-state index in [1.807, 2.05) is 55.1 Å². The zero-order chi connectivity index (χ0) is 22.1. The number of aromatic nitrogens is 2. The number of anilines is 3. The molecule has 0 aliphatic carbocycles. The summed E-state index contributed by atoms with van der Waals surface area (Å²) in [4.78, 5) is 12.4. The van der Waals surface area contributed by atoms with E-state index in [1.165, 1.54) is 18.0 Å². The highest BCUT2D eigenvalue weighted by Crippen LogP contribution is 2.47. The van der Waals surface area contributed by atoms with Crippen LogP contribution in [0.4, 0.5) is 17.3 Å². The molecule has 144 valence electrons. The molecule has 0 radical (unpaired) electrons. The van der Waals surface area contributed by atoms with Crippen LogP contribution in [0.3, 0.4) is 0 Å². The van der Waals surface area contributed by atoms with Gasteiger partial charge in [-0.15, -0.1) is 0 Å². The lowest BCUT2D eigenvalue weighted by molar-refractivity contribution is 0.598. The van der Waals surface area contributed by atoms with Crippen LogP contribution in [0.2, 0.25) is 0 Å². The molecule has 5 nitrogen and oxygen atoms in total. The second-order valence-corrected chi connectivity index (χ2v) is 6.87. The molecule has 1 aliphatic heterocycles. The molecule has 2 aromatic carbocycles. The number of rotatable bonds is 2. The summed E-state index contributed by atoms with van der Waals surface area (Å²) in [5.41, 5.74) is 3.23. The molecule has 3 heterocycles. The second-order valence-electron chi connectivity index (χ2n) is 6.87. The van der Waals surface area contributed by atoms with E-state index < -0.39 is 19.0 Å². The van der Waals surface area contributed by atoms with Gasteiger partial charge in [0.2, 0.25) is 0 Å². The fourth-order valence-electron chi connectivity index (χ4n) is 4.04. The normalized spacial score (nSPS) is 20.8. The third-order valence-electron chi connectivity index (χ3n) is 5.19. The molecule has 4 aromatic rings. The molecule has 0 N–H and O–H groups in total. The Balaban J connectivity index is 0.00000245. The van der Waals surface area contributed by atoms with Crippen molar-refractivity contribution in [1.29, 1.82) is 0 Å². The summed E-state index contributed by atoms with van der Waals surface area (Å²) < 4.78 is 38.9. The Morgan fingerprint density at radius 2 is 1.86 bits per heavy atom. The third-order valence-corrected chi connectivity index (χ3v) is 5.19. The maximum Gasteiger partial charge on any atom is 0.178 e. The van der Waals surface area contributed by atoms with Crippen molar-refractivity contribution in [3.63, 3.8) is 0 Å². The van der Waals surface area contributed by atoms with Gasteiger partial charge < -0.3 is 9.32 Å². The van der Waals surface area contributed by atoms with Crippen molar-refractivity contribution in [2.45, 2.75) is 47.2 Å². The molecule has 2 aromatic heterocycles. The zero-order valence-corrected chi connectivity index (χ0v) is 15.4. The minimum atomic E-state index is -2.55. The first kappa shape index (κ1) is 14.0.